The van der Waals surface area contributed by atoms with E-state index in [2.05, 4.69) is 15.0 Å². The van der Waals surface area contributed by atoms with Crippen molar-refractivity contribution < 1.29 is 0 Å². The first-order valence-corrected chi connectivity index (χ1v) is 5.83. The molecule has 96 valence electrons. The zero-order chi connectivity index (χ0) is 13.8. The first kappa shape index (κ1) is 12.9. The number of aromatic nitrogens is 2. The predicted molar refractivity (Wildman–Crippen MR) is 75.5 cm³/mol. The Balaban J connectivity index is 2.28. The number of nitrogens with one attached hydrogen (secondary N) is 1. The summed E-state index contributed by atoms with van der Waals surface area (Å²) in [7, 11) is 0. The van der Waals surface area contributed by atoms with Crippen LogP contribution in [0.3, 0.4) is 0 Å². The molecule has 0 aliphatic rings. The Morgan fingerprint density at radius 2 is 1.53 bits per heavy atom. The van der Waals surface area contributed by atoms with Crippen LogP contribution in [-0.4, -0.2) is 21.6 Å². The van der Waals surface area contributed by atoms with Crippen LogP contribution in [0.5, 0.6) is 0 Å². The molecule has 0 spiro atoms. The lowest BCUT2D eigenvalue weighted by Crippen LogP contribution is -2.16. The van der Waals surface area contributed by atoms with Gasteiger partial charge in [0.1, 0.15) is 5.84 Å². The van der Waals surface area contributed by atoms with Crippen molar-refractivity contribution in [3.63, 3.8) is 0 Å². The molecule has 0 amide bonds. The van der Waals surface area contributed by atoms with E-state index in [1.807, 2.05) is 26.0 Å². The lowest BCUT2D eigenvalue weighted by atomic mass is 10.2. The topological polar surface area (TPSA) is 88.0 Å². The molecule has 19 heavy (non-hydrogen) atoms. The molecule has 0 saturated carbocycles. The van der Waals surface area contributed by atoms with Crippen molar-refractivity contribution in [3.05, 3.63) is 59.2 Å². The van der Waals surface area contributed by atoms with Crippen LogP contribution in [0.1, 0.15) is 22.3 Å². The summed E-state index contributed by atoms with van der Waals surface area (Å²) in [6.07, 6.45) is 6.70. The lowest BCUT2D eigenvalue weighted by molar-refractivity contribution is 1.24. The molecule has 2 rings (SSSR count). The summed E-state index contributed by atoms with van der Waals surface area (Å²) in [5.74, 6) is 0.373. The van der Waals surface area contributed by atoms with E-state index in [9.17, 15) is 0 Å². The Bertz CT molecular complexity index is 646. The Morgan fingerprint density at radius 3 is 2.11 bits per heavy atom. The van der Waals surface area contributed by atoms with Gasteiger partial charge in [-0.15, -0.1) is 0 Å². The predicted octanol–water partition coefficient (Wildman–Crippen LogP) is 1.82. The molecule has 0 aliphatic carbocycles. The minimum absolute atomic E-state index is 0.0928. The highest BCUT2D eigenvalue weighted by atomic mass is 14.9. The van der Waals surface area contributed by atoms with Gasteiger partial charge < -0.3 is 5.73 Å². The molecular weight excluding hydrogens is 238 g/mol. The van der Waals surface area contributed by atoms with Gasteiger partial charge in [0.05, 0.1) is 0 Å². The summed E-state index contributed by atoms with van der Waals surface area (Å²) in [6, 6.07) is 3.73. The SMILES string of the molecule is Cc1cncc(C(=N)N=C(N)c2cncc(C)c2)c1. The molecule has 0 radical (unpaired) electrons. The molecule has 0 unspecified atom stereocenters. The first-order chi connectivity index (χ1) is 9.06. The molecule has 2 aromatic rings. The van der Waals surface area contributed by atoms with E-state index in [4.69, 9.17) is 11.1 Å². The Hall–Kier alpha value is -2.56. The van der Waals surface area contributed by atoms with Gasteiger partial charge in [-0.2, -0.15) is 0 Å². The molecule has 0 fully saturated rings. The van der Waals surface area contributed by atoms with Gasteiger partial charge in [-0.1, -0.05) is 0 Å². The van der Waals surface area contributed by atoms with Crippen molar-refractivity contribution in [1.82, 2.24) is 9.97 Å². The van der Waals surface area contributed by atoms with Crippen LogP contribution >= 0.6 is 0 Å². The van der Waals surface area contributed by atoms with E-state index >= 15 is 0 Å². The molecule has 0 saturated heterocycles. The van der Waals surface area contributed by atoms with E-state index in [0.29, 0.717) is 11.1 Å². The fraction of sp³-hybridized carbons (Fsp3) is 0.143. The number of amidine groups is 2. The summed E-state index contributed by atoms with van der Waals surface area (Å²) in [4.78, 5) is 12.2. The van der Waals surface area contributed by atoms with E-state index in [0.717, 1.165) is 11.1 Å². The van der Waals surface area contributed by atoms with Crippen LogP contribution in [0, 0.1) is 19.3 Å². The van der Waals surface area contributed by atoms with E-state index in [1.54, 1.807) is 24.8 Å². The van der Waals surface area contributed by atoms with Gasteiger partial charge in [0.15, 0.2) is 5.84 Å². The number of aliphatic imine (C=N–C) groups is 1. The van der Waals surface area contributed by atoms with Gasteiger partial charge in [0.2, 0.25) is 0 Å². The van der Waals surface area contributed by atoms with E-state index in [1.165, 1.54) is 0 Å². The average Bonchev–Trinajstić information content (AvgIpc) is 2.38. The maximum Gasteiger partial charge on any atom is 0.155 e. The van der Waals surface area contributed by atoms with Gasteiger partial charge >= 0.3 is 0 Å². The van der Waals surface area contributed by atoms with Crippen molar-refractivity contribution >= 4 is 11.7 Å². The summed E-state index contributed by atoms with van der Waals surface area (Å²) >= 11 is 0. The molecule has 0 atom stereocenters. The van der Waals surface area contributed by atoms with Crippen molar-refractivity contribution in [2.75, 3.05) is 0 Å². The zero-order valence-corrected chi connectivity index (χ0v) is 10.9. The quantitative estimate of drug-likeness (QED) is 0.632. The largest absolute Gasteiger partial charge is 0.383 e. The molecule has 5 nitrogen and oxygen atoms in total. The van der Waals surface area contributed by atoms with Gasteiger partial charge in [-0.25, -0.2) is 4.99 Å². The second-order valence-electron chi connectivity index (χ2n) is 4.35. The highest BCUT2D eigenvalue weighted by Gasteiger charge is 2.04. The fourth-order valence-electron chi connectivity index (χ4n) is 1.63. The smallest absolute Gasteiger partial charge is 0.155 e. The Labute approximate surface area is 111 Å². The maximum atomic E-state index is 7.93. The van der Waals surface area contributed by atoms with E-state index < -0.39 is 0 Å². The fourth-order valence-corrected chi connectivity index (χ4v) is 1.63. The Kier molecular flexibility index (Phi) is 3.66. The molecule has 2 heterocycles. The van der Waals surface area contributed by atoms with Crippen LogP contribution in [-0.2, 0) is 0 Å². The number of hydrogen-bond donors (Lipinski definition) is 2. The summed E-state index contributed by atoms with van der Waals surface area (Å²) in [5, 5.41) is 7.93. The summed E-state index contributed by atoms with van der Waals surface area (Å²) < 4.78 is 0. The molecule has 3 N–H and O–H groups in total. The third kappa shape index (κ3) is 3.22. The molecular formula is C14H15N5. The van der Waals surface area contributed by atoms with Crippen LogP contribution < -0.4 is 5.73 Å². The second-order valence-corrected chi connectivity index (χ2v) is 4.35. The van der Waals surface area contributed by atoms with Gasteiger partial charge in [0.25, 0.3) is 0 Å². The number of rotatable bonds is 2. The minimum Gasteiger partial charge on any atom is -0.383 e. The van der Waals surface area contributed by atoms with Crippen LogP contribution in [0.2, 0.25) is 0 Å². The van der Waals surface area contributed by atoms with E-state index in [-0.39, 0.29) is 11.7 Å². The van der Waals surface area contributed by atoms with Crippen molar-refractivity contribution in [2.24, 2.45) is 10.7 Å². The van der Waals surface area contributed by atoms with Crippen LogP contribution in [0.25, 0.3) is 0 Å². The molecule has 0 bridgehead atoms. The molecule has 5 heteroatoms. The number of hydrogen-bond acceptors (Lipinski definition) is 3. The summed E-state index contributed by atoms with van der Waals surface area (Å²) in [5.41, 5.74) is 9.22. The maximum absolute atomic E-state index is 7.93. The highest BCUT2D eigenvalue weighted by molar-refractivity contribution is 6.09. The number of pyridine rings is 2. The highest BCUT2D eigenvalue weighted by Crippen LogP contribution is 2.05. The number of nitrogens with zero attached hydrogens (tertiary/aromatic N) is 3. The average molecular weight is 253 g/mol. The standard InChI is InChI=1S/C14H15N5/c1-9-3-11(7-17-5-9)13(15)19-14(16)12-4-10(2)6-18-8-12/h3-8H,1-2H3,(H3,15,16,19). The van der Waals surface area contributed by atoms with Gasteiger partial charge in [-0.05, 0) is 37.1 Å². The number of aryl methyl sites for hydroxylation is 2. The summed E-state index contributed by atoms with van der Waals surface area (Å²) in [6.45, 7) is 3.85. The number of nitrogens with two attached hydrogens (primary N) is 1. The van der Waals surface area contributed by atoms with Crippen LogP contribution in [0.4, 0.5) is 0 Å². The minimum atomic E-state index is 0.0928. The third-order valence-electron chi connectivity index (χ3n) is 2.55. The monoisotopic (exact) mass is 253 g/mol. The molecule has 0 aromatic carbocycles. The third-order valence-corrected chi connectivity index (χ3v) is 2.55. The normalized spacial score (nSPS) is 11.4. The lowest BCUT2D eigenvalue weighted by Gasteiger charge is -2.03. The Morgan fingerprint density at radius 1 is 1.00 bits per heavy atom. The molecule has 2 aromatic heterocycles. The van der Waals surface area contributed by atoms with Crippen molar-refractivity contribution in [1.29, 1.82) is 5.41 Å². The van der Waals surface area contributed by atoms with Crippen molar-refractivity contribution in [2.45, 2.75) is 13.8 Å². The van der Waals surface area contributed by atoms with Crippen molar-refractivity contribution in [3.8, 4) is 0 Å². The van der Waals surface area contributed by atoms with Gasteiger partial charge in [-0.3, -0.25) is 15.4 Å². The first-order valence-electron chi connectivity index (χ1n) is 5.83. The zero-order valence-electron chi connectivity index (χ0n) is 10.9. The van der Waals surface area contributed by atoms with Gasteiger partial charge in [0, 0.05) is 35.9 Å². The molecule has 0 aliphatic heterocycles. The van der Waals surface area contributed by atoms with Crippen LogP contribution in [0.15, 0.2) is 41.9 Å². The second kappa shape index (κ2) is 5.39.